The Balaban J connectivity index is 0.000000753. The summed E-state index contributed by atoms with van der Waals surface area (Å²) in [5.41, 5.74) is 0.383. The Morgan fingerprint density at radius 3 is 2.26 bits per heavy atom. The van der Waals surface area contributed by atoms with Gasteiger partial charge in [-0.05, 0) is 91.6 Å². The summed E-state index contributed by atoms with van der Waals surface area (Å²) in [7, 11) is 2.21. The first kappa shape index (κ1) is 40.3. The van der Waals surface area contributed by atoms with Gasteiger partial charge in [0.05, 0.1) is 5.56 Å². The second kappa shape index (κ2) is 18.2. The molecule has 0 aliphatic carbocycles. The number of hydrogen-bond donors (Lipinski definition) is 2. The molecule has 2 aliphatic rings. The highest BCUT2D eigenvalue weighted by molar-refractivity contribution is 5.97. The predicted molar refractivity (Wildman–Crippen MR) is 189 cm³/mol. The number of carboxylic acid groups (broad SMARTS) is 2. The van der Waals surface area contributed by atoms with Crippen molar-refractivity contribution in [2.75, 3.05) is 51.2 Å². The lowest BCUT2D eigenvalue weighted by molar-refractivity contribution is -0.134. The SMILES string of the molecule is CCN(C(=O)c1cc(F)ccc1Oc1nncnc1N1CCC2(C1)CN([C@H](CCCN(C)C(C)C)C(C)C)C2)C(C)C.O=C(O)/C=C/C(=O)O. The molecule has 2 fully saturated rings. The van der Waals surface area contributed by atoms with Crippen molar-refractivity contribution in [3.8, 4) is 11.6 Å². The molecule has 14 heteroatoms. The summed E-state index contributed by atoms with van der Waals surface area (Å²) in [5.74, 6) is -1.60. The molecule has 2 N–H and O–H groups in total. The molecule has 2 aromatic rings. The molecular weight excluding hydrogens is 645 g/mol. The van der Waals surface area contributed by atoms with Crippen LogP contribution in [0.15, 0.2) is 36.7 Å². The monoisotopic (exact) mass is 699 g/mol. The highest BCUT2D eigenvalue weighted by Crippen LogP contribution is 2.44. The van der Waals surface area contributed by atoms with Crippen LogP contribution >= 0.6 is 0 Å². The molecule has 2 saturated heterocycles. The van der Waals surface area contributed by atoms with Crippen molar-refractivity contribution in [1.29, 1.82) is 0 Å². The normalized spacial score (nSPS) is 16.2. The van der Waals surface area contributed by atoms with Crippen molar-refractivity contribution in [3.05, 3.63) is 48.1 Å². The van der Waals surface area contributed by atoms with Crippen LogP contribution in [0.3, 0.4) is 0 Å². The molecule has 0 unspecified atom stereocenters. The van der Waals surface area contributed by atoms with E-state index in [4.69, 9.17) is 14.9 Å². The predicted octanol–water partition coefficient (Wildman–Crippen LogP) is 5.04. The number of nitrogens with zero attached hydrogens (tertiary/aromatic N) is 7. The van der Waals surface area contributed by atoms with Crippen molar-refractivity contribution >= 4 is 23.7 Å². The van der Waals surface area contributed by atoms with E-state index in [-0.39, 0.29) is 34.6 Å². The lowest BCUT2D eigenvalue weighted by Crippen LogP contribution is -2.62. The number of carbonyl (C=O) groups excluding carboxylic acids is 1. The first-order valence-corrected chi connectivity index (χ1v) is 17.4. The second-order valence-electron chi connectivity index (χ2n) is 14.1. The Morgan fingerprint density at radius 1 is 1.04 bits per heavy atom. The molecule has 1 atom stereocenters. The number of hydrogen-bond acceptors (Lipinski definition) is 10. The third kappa shape index (κ3) is 10.9. The van der Waals surface area contributed by atoms with E-state index in [1.807, 2.05) is 20.8 Å². The summed E-state index contributed by atoms with van der Waals surface area (Å²) in [6.45, 7) is 20.5. The van der Waals surface area contributed by atoms with Crippen LogP contribution in [0.5, 0.6) is 11.6 Å². The van der Waals surface area contributed by atoms with Gasteiger partial charge in [0, 0.05) is 68.4 Å². The molecule has 0 radical (unpaired) electrons. The number of carbonyl (C=O) groups is 3. The fraction of sp³-hybridized carbons (Fsp3) is 0.611. The summed E-state index contributed by atoms with van der Waals surface area (Å²) >= 11 is 0. The van der Waals surface area contributed by atoms with Crippen molar-refractivity contribution in [2.45, 2.75) is 85.9 Å². The fourth-order valence-electron chi connectivity index (χ4n) is 6.61. The number of halogens is 1. The molecule has 2 aliphatic heterocycles. The van der Waals surface area contributed by atoms with Gasteiger partial charge in [-0.3, -0.25) is 9.69 Å². The topological polar surface area (TPSA) is 153 Å². The molecule has 50 heavy (non-hydrogen) atoms. The van der Waals surface area contributed by atoms with E-state index in [2.05, 4.69) is 64.6 Å². The summed E-state index contributed by atoms with van der Waals surface area (Å²) in [5, 5.41) is 23.8. The maximum absolute atomic E-state index is 14.3. The smallest absolute Gasteiger partial charge is 0.328 e. The van der Waals surface area contributed by atoms with Crippen LogP contribution in [-0.2, 0) is 9.59 Å². The average Bonchev–Trinajstić information content (AvgIpc) is 3.48. The number of amides is 1. The van der Waals surface area contributed by atoms with Crippen molar-refractivity contribution < 1.29 is 33.7 Å². The molecule has 0 saturated carbocycles. The third-order valence-electron chi connectivity index (χ3n) is 9.49. The number of rotatable bonds is 15. The molecular formula is C36H54FN7O6. The molecule has 3 heterocycles. The highest BCUT2D eigenvalue weighted by atomic mass is 19.1. The number of ether oxygens (including phenoxy) is 1. The number of benzene rings is 1. The van der Waals surface area contributed by atoms with Crippen molar-refractivity contribution in [1.82, 2.24) is 29.9 Å². The van der Waals surface area contributed by atoms with Gasteiger partial charge in [-0.1, -0.05) is 13.8 Å². The van der Waals surface area contributed by atoms with Crippen LogP contribution in [0.25, 0.3) is 0 Å². The largest absolute Gasteiger partial charge is 0.478 e. The number of likely N-dealkylation sites (tertiary alicyclic amines) is 1. The van der Waals surface area contributed by atoms with Gasteiger partial charge in [0.15, 0.2) is 5.82 Å². The minimum atomic E-state index is -1.26. The van der Waals surface area contributed by atoms with Gasteiger partial charge >= 0.3 is 11.9 Å². The van der Waals surface area contributed by atoms with Crippen LogP contribution in [0.4, 0.5) is 10.2 Å². The van der Waals surface area contributed by atoms with E-state index in [1.54, 1.807) is 4.90 Å². The summed E-state index contributed by atoms with van der Waals surface area (Å²) < 4.78 is 20.5. The van der Waals surface area contributed by atoms with Gasteiger partial charge in [-0.2, -0.15) is 0 Å². The second-order valence-corrected chi connectivity index (χ2v) is 14.1. The lowest BCUT2D eigenvalue weighted by Gasteiger charge is -2.53. The van der Waals surface area contributed by atoms with Crippen LogP contribution < -0.4 is 9.64 Å². The summed E-state index contributed by atoms with van der Waals surface area (Å²) in [6, 6.07) is 5.13. The zero-order valence-corrected chi connectivity index (χ0v) is 30.7. The average molecular weight is 700 g/mol. The standard InChI is InChI=1S/C32H50FN7O2.C4H4O4/c1-9-40(24(6)7)31(41)26-17-25(33)12-13-28(26)42-30-29(34-21-35-36-30)38-16-14-32(18-38)19-39(20-32)27(22(2)3)11-10-15-37(8)23(4)5;5-3(6)1-2-4(7)8/h12-13,17,21-24,27H,9-11,14-16,18-20H2,1-8H3;1-2H,(H,5,6)(H,7,8)/b;2-1+/t27-;/m1./s1. The van der Waals surface area contributed by atoms with Crippen LogP contribution in [0.1, 0.15) is 78.1 Å². The maximum Gasteiger partial charge on any atom is 0.328 e. The molecule has 1 aromatic heterocycles. The first-order chi connectivity index (χ1) is 23.6. The van der Waals surface area contributed by atoms with E-state index < -0.39 is 17.8 Å². The van der Waals surface area contributed by atoms with Gasteiger partial charge in [0.25, 0.3) is 11.8 Å². The molecule has 1 spiro atoms. The summed E-state index contributed by atoms with van der Waals surface area (Å²) in [4.78, 5) is 46.0. The molecule has 4 rings (SSSR count). The Kier molecular flexibility index (Phi) is 14.6. The molecule has 0 bridgehead atoms. The van der Waals surface area contributed by atoms with Crippen LogP contribution in [-0.4, -0.2) is 122 Å². The van der Waals surface area contributed by atoms with E-state index in [0.29, 0.717) is 42.5 Å². The van der Waals surface area contributed by atoms with Gasteiger partial charge < -0.3 is 29.6 Å². The zero-order valence-electron chi connectivity index (χ0n) is 30.7. The van der Waals surface area contributed by atoms with E-state index in [1.165, 1.54) is 37.4 Å². The quantitative estimate of drug-likeness (QED) is 0.240. The fourth-order valence-corrected chi connectivity index (χ4v) is 6.61. The maximum atomic E-state index is 14.3. The van der Waals surface area contributed by atoms with E-state index in [9.17, 15) is 18.8 Å². The van der Waals surface area contributed by atoms with Crippen LogP contribution in [0, 0.1) is 17.2 Å². The molecule has 13 nitrogen and oxygen atoms in total. The Hall–Kier alpha value is -4.17. The molecule has 276 valence electrons. The minimum absolute atomic E-state index is 0.0353. The van der Waals surface area contributed by atoms with Crippen molar-refractivity contribution in [3.63, 3.8) is 0 Å². The molecule has 1 aromatic carbocycles. The number of carboxylic acids is 2. The third-order valence-corrected chi connectivity index (χ3v) is 9.49. The Morgan fingerprint density at radius 2 is 1.70 bits per heavy atom. The van der Waals surface area contributed by atoms with Crippen molar-refractivity contribution in [2.24, 2.45) is 11.3 Å². The zero-order chi connectivity index (χ0) is 37.2. The van der Waals surface area contributed by atoms with E-state index in [0.717, 1.165) is 39.1 Å². The van der Waals surface area contributed by atoms with Gasteiger partial charge in [0.2, 0.25) is 0 Å². The Labute approximate surface area is 295 Å². The minimum Gasteiger partial charge on any atom is -0.478 e. The molecule has 1 amide bonds. The highest BCUT2D eigenvalue weighted by Gasteiger charge is 2.50. The lowest BCUT2D eigenvalue weighted by atomic mass is 9.76. The number of aromatic nitrogens is 3. The number of anilines is 1. The van der Waals surface area contributed by atoms with E-state index >= 15 is 0 Å². The Bertz CT molecular complexity index is 1460. The first-order valence-electron chi connectivity index (χ1n) is 17.4. The van der Waals surface area contributed by atoms with Gasteiger partial charge in [-0.25, -0.2) is 19.0 Å². The van der Waals surface area contributed by atoms with Gasteiger partial charge in [0.1, 0.15) is 17.9 Å². The van der Waals surface area contributed by atoms with Crippen LogP contribution in [0.2, 0.25) is 0 Å². The summed E-state index contributed by atoms with van der Waals surface area (Å²) in [6.07, 6.45) is 6.05. The number of aliphatic carboxylic acids is 2. The van der Waals surface area contributed by atoms with Gasteiger partial charge in [-0.15, -0.1) is 10.2 Å².